The molecule has 0 aromatic heterocycles. The van der Waals surface area contributed by atoms with Gasteiger partial charge in [0.15, 0.2) is 0 Å². The van der Waals surface area contributed by atoms with Crippen LogP contribution in [0.5, 0.6) is 0 Å². The minimum absolute atomic E-state index is 0.353. The van der Waals surface area contributed by atoms with Gasteiger partial charge in [0.25, 0.3) is 0 Å². The molecule has 2 unspecified atom stereocenters. The van der Waals surface area contributed by atoms with E-state index in [-0.39, 0.29) is 0 Å². The van der Waals surface area contributed by atoms with E-state index in [1.54, 1.807) is 0 Å². The van der Waals surface area contributed by atoms with Crippen LogP contribution in [-0.2, 0) is 4.79 Å². The molecule has 0 radical (unpaired) electrons. The summed E-state index contributed by atoms with van der Waals surface area (Å²) < 4.78 is 0. The summed E-state index contributed by atoms with van der Waals surface area (Å²) in [6, 6.07) is 1.02. The molecule has 4 heteroatoms. The molecule has 1 amide bonds. The Morgan fingerprint density at radius 1 is 1.28 bits per heavy atom. The lowest BCUT2D eigenvalue weighted by molar-refractivity contribution is -0.136. The summed E-state index contributed by atoms with van der Waals surface area (Å²) in [6.07, 6.45) is 6.39. The van der Waals surface area contributed by atoms with E-state index in [2.05, 4.69) is 16.7 Å². The van der Waals surface area contributed by atoms with Gasteiger partial charge in [-0.2, -0.15) is 0 Å². The minimum atomic E-state index is 0.353. The molecule has 2 fully saturated rings. The third kappa shape index (κ3) is 3.23. The fourth-order valence-electron chi connectivity index (χ4n) is 3.28. The Balaban J connectivity index is 1.78. The maximum absolute atomic E-state index is 12.2. The van der Waals surface area contributed by atoms with E-state index >= 15 is 0 Å². The number of hydrogen-bond acceptors (Lipinski definition) is 3. The van der Waals surface area contributed by atoms with Gasteiger partial charge < -0.3 is 10.6 Å². The number of carbonyl (C=O) groups is 1. The van der Waals surface area contributed by atoms with Crippen molar-refractivity contribution in [2.24, 2.45) is 5.73 Å². The molecule has 2 N–H and O–H groups in total. The quantitative estimate of drug-likeness (QED) is 0.749. The lowest BCUT2D eigenvalue weighted by Crippen LogP contribution is -2.56. The van der Waals surface area contributed by atoms with E-state index in [4.69, 9.17) is 5.73 Å². The van der Waals surface area contributed by atoms with Crippen LogP contribution in [0.15, 0.2) is 0 Å². The maximum Gasteiger partial charge on any atom is 0.222 e. The first kappa shape index (κ1) is 13.8. The molecular weight excluding hydrogens is 226 g/mol. The second kappa shape index (κ2) is 6.53. The van der Waals surface area contributed by atoms with Crippen molar-refractivity contribution in [2.75, 3.05) is 26.2 Å². The molecule has 2 aliphatic heterocycles. The molecule has 0 saturated carbocycles. The summed E-state index contributed by atoms with van der Waals surface area (Å²) in [6.45, 7) is 6.18. The van der Waals surface area contributed by atoms with Crippen molar-refractivity contribution in [2.45, 2.75) is 57.5 Å². The predicted octanol–water partition coefficient (Wildman–Crippen LogP) is 1.20. The SMILES string of the molecule is CC1CN2CCCC2CN1C(=O)CCCCCN. The number of rotatable bonds is 5. The Bertz CT molecular complexity index is 282. The molecule has 0 aromatic rings. The zero-order valence-corrected chi connectivity index (χ0v) is 11.6. The summed E-state index contributed by atoms with van der Waals surface area (Å²) in [5.41, 5.74) is 5.47. The first-order chi connectivity index (χ1) is 8.72. The molecule has 2 aliphatic rings. The average molecular weight is 253 g/mol. The van der Waals surface area contributed by atoms with E-state index < -0.39 is 0 Å². The molecule has 0 aliphatic carbocycles. The van der Waals surface area contributed by atoms with Gasteiger partial charge in [0, 0.05) is 31.6 Å². The Labute approximate surface area is 110 Å². The van der Waals surface area contributed by atoms with Gasteiger partial charge in [-0.15, -0.1) is 0 Å². The highest BCUT2D eigenvalue weighted by Gasteiger charge is 2.35. The van der Waals surface area contributed by atoms with Crippen molar-refractivity contribution >= 4 is 5.91 Å². The van der Waals surface area contributed by atoms with Gasteiger partial charge in [0.05, 0.1) is 0 Å². The lowest BCUT2D eigenvalue weighted by atomic mass is 10.1. The molecule has 2 heterocycles. The van der Waals surface area contributed by atoms with Crippen molar-refractivity contribution in [3.63, 3.8) is 0 Å². The van der Waals surface area contributed by atoms with E-state index in [1.807, 2.05) is 0 Å². The smallest absolute Gasteiger partial charge is 0.222 e. The Morgan fingerprint density at radius 3 is 2.89 bits per heavy atom. The van der Waals surface area contributed by atoms with Crippen molar-refractivity contribution in [3.05, 3.63) is 0 Å². The monoisotopic (exact) mass is 253 g/mol. The van der Waals surface area contributed by atoms with Gasteiger partial charge in [-0.3, -0.25) is 9.69 Å². The molecule has 2 rings (SSSR count). The Kier molecular flexibility index (Phi) is 5.01. The number of hydrogen-bond donors (Lipinski definition) is 1. The first-order valence-corrected chi connectivity index (χ1v) is 7.46. The molecule has 18 heavy (non-hydrogen) atoms. The third-order valence-electron chi connectivity index (χ3n) is 4.35. The molecule has 0 spiro atoms. The summed E-state index contributed by atoms with van der Waals surface area (Å²) in [5, 5.41) is 0. The fourth-order valence-corrected chi connectivity index (χ4v) is 3.28. The Hall–Kier alpha value is -0.610. The number of fused-ring (bicyclic) bond motifs is 1. The topological polar surface area (TPSA) is 49.6 Å². The minimum Gasteiger partial charge on any atom is -0.337 e. The second-order valence-electron chi connectivity index (χ2n) is 5.79. The van der Waals surface area contributed by atoms with Gasteiger partial charge in [0.1, 0.15) is 0 Å². The lowest BCUT2D eigenvalue weighted by Gasteiger charge is -2.42. The number of piperazine rings is 1. The summed E-state index contributed by atoms with van der Waals surface area (Å²) in [7, 11) is 0. The summed E-state index contributed by atoms with van der Waals surface area (Å²) >= 11 is 0. The number of amides is 1. The van der Waals surface area contributed by atoms with E-state index in [0.717, 1.165) is 38.9 Å². The molecule has 2 atom stereocenters. The second-order valence-corrected chi connectivity index (χ2v) is 5.79. The average Bonchev–Trinajstić information content (AvgIpc) is 2.80. The van der Waals surface area contributed by atoms with Gasteiger partial charge >= 0.3 is 0 Å². The Morgan fingerprint density at radius 2 is 2.11 bits per heavy atom. The molecule has 0 aromatic carbocycles. The van der Waals surface area contributed by atoms with Crippen LogP contribution in [0, 0.1) is 0 Å². The largest absolute Gasteiger partial charge is 0.337 e. The highest BCUT2D eigenvalue weighted by molar-refractivity contribution is 5.76. The van der Waals surface area contributed by atoms with Crippen LogP contribution in [0.25, 0.3) is 0 Å². The van der Waals surface area contributed by atoms with Crippen molar-refractivity contribution in [1.29, 1.82) is 0 Å². The first-order valence-electron chi connectivity index (χ1n) is 7.46. The normalized spacial score (nSPS) is 28.4. The molecular formula is C14H27N3O. The van der Waals surface area contributed by atoms with Crippen LogP contribution in [0.2, 0.25) is 0 Å². The van der Waals surface area contributed by atoms with Crippen LogP contribution in [-0.4, -0.2) is 54.0 Å². The van der Waals surface area contributed by atoms with Crippen LogP contribution in [0.1, 0.15) is 45.4 Å². The van der Waals surface area contributed by atoms with Gasteiger partial charge in [0.2, 0.25) is 5.91 Å². The maximum atomic E-state index is 12.2. The zero-order chi connectivity index (χ0) is 13.0. The van der Waals surface area contributed by atoms with E-state index in [9.17, 15) is 4.79 Å². The third-order valence-corrected chi connectivity index (χ3v) is 4.35. The highest BCUT2D eigenvalue weighted by atomic mass is 16.2. The number of carbonyl (C=O) groups excluding carboxylic acids is 1. The summed E-state index contributed by atoms with van der Waals surface area (Å²) in [4.78, 5) is 16.9. The summed E-state index contributed by atoms with van der Waals surface area (Å²) in [5.74, 6) is 0.353. The molecule has 4 nitrogen and oxygen atoms in total. The number of nitrogens with two attached hydrogens (primary N) is 1. The van der Waals surface area contributed by atoms with Crippen molar-refractivity contribution in [3.8, 4) is 0 Å². The van der Waals surface area contributed by atoms with Gasteiger partial charge in [-0.25, -0.2) is 0 Å². The predicted molar refractivity (Wildman–Crippen MR) is 73.3 cm³/mol. The molecule has 104 valence electrons. The van der Waals surface area contributed by atoms with E-state index in [0.29, 0.717) is 24.4 Å². The molecule has 0 bridgehead atoms. The van der Waals surface area contributed by atoms with Crippen LogP contribution in [0.4, 0.5) is 0 Å². The van der Waals surface area contributed by atoms with Gasteiger partial charge in [-0.1, -0.05) is 6.42 Å². The fraction of sp³-hybridized carbons (Fsp3) is 0.929. The number of unbranched alkanes of at least 4 members (excludes halogenated alkanes) is 2. The molecule has 2 saturated heterocycles. The van der Waals surface area contributed by atoms with E-state index in [1.165, 1.54) is 19.4 Å². The highest BCUT2D eigenvalue weighted by Crippen LogP contribution is 2.25. The number of nitrogens with zero attached hydrogens (tertiary/aromatic N) is 2. The van der Waals surface area contributed by atoms with Crippen LogP contribution < -0.4 is 5.73 Å². The van der Waals surface area contributed by atoms with Crippen LogP contribution >= 0.6 is 0 Å². The van der Waals surface area contributed by atoms with Gasteiger partial charge in [-0.05, 0) is 45.7 Å². The standard InChI is InChI=1S/C14H27N3O/c1-12-10-16-9-5-6-13(16)11-17(12)14(18)7-3-2-4-8-15/h12-13H,2-11,15H2,1H3. The van der Waals surface area contributed by atoms with Crippen molar-refractivity contribution in [1.82, 2.24) is 9.80 Å². The zero-order valence-electron chi connectivity index (χ0n) is 11.6. The van der Waals surface area contributed by atoms with Crippen molar-refractivity contribution < 1.29 is 4.79 Å². The van der Waals surface area contributed by atoms with Crippen LogP contribution in [0.3, 0.4) is 0 Å².